The quantitative estimate of drug-likeness (QED) is 0.484. The minimum Gasteiger partial charge on any atom is -0.493 e. The lowest BCUT2D eigenvalue weighted by molar-refractivity contribution is 0.316. The molecule has 0 saturated heterocycles. The first-order chi connectivity index (χ1) is 14.0. The normalized spacial score (nSPS) is 17.5. The summed E-state index contributed by atoms with van der Waals surface area (Å²) in [6, 6.07) is 4.03. The minimum atomic E-state index is -3.27. The largest absolute Gasteiger partial charge is 0.493 e. The number of nitrogens with zero attached hydrogens (tertiary/aromatic N) is 2. The van der Waals surface area contributed by atoms with E-state index in [0.29, 0.717) is 37.3 Å². The third-order valence-electron chi connectivity index (χ3n) is 5.70. The first-order valence-electron chi connectivity index (χ1n) is 10.1. The number of hydrogen-bond donors (Lipinski definition) is 2. The van der Waals surface area contributed by atoms with Crippen LogP contribution in [0.3, 0.4) is 0 Å². The fourth-order valence-electron chi connectivity index (χ4n) is 3.71. The zero-order valence-electron chi connectivity index (χ0n) is 17.5. The molecule has 0 bridgehead atoms. The van der Waals surface area contributed by atoms with E-state index in [2.05, 4.69) is 19.9 Å². The summed E-state index contributed by atoms with van der Waals surface area (Å²) in [5, 5.41) is 3.19. The summed E-state index contributed by atoms with van der Waals surface area (Å²) in [5.41, 5.74) is 2.39. The third kappa shape index (κ3) is 5.54. The van der Waals surface area contributed by atoms with Gasteiger partial charge >= 0.3 is 0 Å². The molecule has 2 aliphatic rings. The lowest BCUT2D eigenvalue weighted by Crippen LogP contribution is -2.46. The fourth-order valence-corrected chi connectivity index (χ4v) is 4.71. The number of nitrogens with one attached hydrogen (secondary N) is 2. The molecule has 0 unspecified atom stereocenters. The molecule has 1 saturated carbocycles. The predicted octanol–water partition coefficient (Wildman–Crippen LogP) is 1.36. The van der Waals surface area contributed by atoms with Crippen molar-refractivity contribution in [1.82, 2.24) is 14.9 Å². The van der Waals surface area contributed by atoms with Gasteiger partial charge in [0.1, 0.15) is 0 Å². The number of ether oxygens (including phenoxy) is 2. The third-order valence-corrected chi connectivity index (χ3v) is 7.05. The number of hydrogen-bond acceptors (Lipinski definition) is 5. The fraction of sp³-hybridized carbons (Fsp3) is 0.650. The van der Waals surface area contributed by atoms with Crippen LogP contribution in [-0.4, -0.2) is 65.9 Å². The van der Waals surface area contributed by atoms with Crippen molar-refractivity contribution >= 4 is 16.0 Å². The Morgan fingerprint density at radius 1 is 1.21 bits per heavy atom. The number of methoxy groups -OCH3 is 2. The Kier molecular flexibility index (Phi) is 7.23. The highest BCUT2D eigenvalue weighted by Gasteiger charge is 2.23. The first-order valence-corrected chi connectivity index (χ1v) is 11.8. The Morgan fingerprint density at radius 3 is 2.48 bits per heavy atom. The first kappa shape index (κ1) is 21.7. The van der Waals surface area contributed by atoms with Gasteiger partial charge in [0, 0.05) is 33.2 Å². The number of rotatable bonds is 8. The molecule has 8 nitrogen and oxygen atoms in total. The Bertz CT molecular complexity index is 837. The average molecular weight is 425 g/mol. The Morgan fingerprint density at radius 2 is 1.90 bits per heavy atom. The zero-order valence-corrected chi connectivity index (χ0v) is 18.3. The van der Waals surface area contributed by atoms with E-state index in [-0.39, 0.29) is 5.75 Å². The van der Waals surface area contributed by atoms with Gasteiger partial charge in [-0.2, -0.15) is 0 Å². The molecular formula is C20H32N4O4S. The molecule has 3 rings (SSSR count). The van der Waals surface area contributed by atoms with Gasteiger partial charge in [0.25, 0.3) is 0 Å². The Balaban J connectivity index is 1.54. The number of sulfonamides is 1. The molecule has 1 aromatic rings. The summed E-state index contributed by atoms with van der Waals surface area (Å²) in [6.45, 7) is 2.37. The molecule has 29 heavy (non-hydrogen) atoms. The van der Waals surface area contributed by atoms with Crippen molar-refractivity contribution in [2.75, 3.05) is 46.7 Å². The maximum Gasteiger partial charge on any atom is 0.213 e. The average Bonchev–Trinajstić information content (AvgIpc) is 2.68. The summed E-state index contributed by atoms with van der Waals surface area (Å²) >= 11 is 0. The molecular weight excluding hydrogens is 392 g/mol. The maximum absolute atomic E-state index is 12.2. The standard InChI is InChI=1S/C20H32N4O4S/c1-21-20(22-8-10-29(25,26)23-13-15-5-4-6-15)24-9-7-16-11-18(27-2)19(28-3)12-17(16)14-24/h11-12,15,23H,4-10,13-14H2,1-3H3,(H,21,22). The van der Waals surface area contributed by atoms with Gasteiger partial charge in [-0.15, -0.1) is 0 Å². The summed E-state index contributed by atoms with van der Waals surface area (Å²) < 4.78 is 37.9. The molecule has 1 fully saturated rings. The van der Waals surface area contributed by atoms with E-state index in [1.54, 1.807) is 21.3 Å². The summed E-state index contributed by atoms with van der Waals surface area (Å²) in [4.78, 5) is 6.47. The minimum absolute atomic E-state index is 0.0359. The predicted molar refractivity (Wildman–Crippen MR) is 114 cm³/mol. The second-order valence-electron chi connectivity index (χ2n) is 7.59. The van der Waals surface area contributed by atoms with Crippen LogP contribution in [0.5, 0.6) is 11.5 Å². The van der Waals surface area contributed by atoms with Crippen LogP contribution in [0.25, 0.3) is 0 Å². The van der Waals surface area contributed by atoms with Crippen LogP contribution >= 0.6 is 0 Å². The molecule has 0 aromatic heterocycles. The van der Waals surface area contributed by atoms with Crippen LogP contribution in [-0.2, 0) is 23.0 Å². The zero-order chi connectivity index (χ0) is 20.9. The Hall–Kier alpha value is -2.00. The smallest absolute Gasteiger partial charge is 0.213 e. The molecule has 9 heteroatoms. The molecule has 2 N–H and O–H groups in total. The van der Waals surface area contributed by atoms with E-state index >= 15 is 0 Å². The van der Waals surface area contributed by atoms with E-state index in [1.807, 2.05) is 12.1 Å². The van der Waals surface area contributed by atoms with Crippen molar-refractivity contribution in [3.8, 4) is 11.5 Å². The highest BCUT2D eigenvalue weighted by atomic mass is 32.2. The van der Waals surface area contributed by atoms with Crippen LogP contribution in [0, 0.1) is 5.92 Å². The summed E-state index contributed by atoms with van der Waals surface area (Å²) in [5.74, 6) is 2.70. The van der Waals surface area contributed by atoms with Crippen LogP contribution < -0.4 is 19.5 Å². The summed E-state index contributed by atoms with van der Waals surface area (Å²) in [7, 11) is 1.72. The van der Waals surface area contributed by atoms with Gasteiger partial charge in [0.2, 0.25) is 10.0 Å². The number of aliphatic imine (C=N–C) groups is 1. The second-order valence-corrected chi connectivity index (χ2v) is 9.51. The highest BCUT2D eigenvalue weighted by molar-refractivity contribution is 7.89. The van der Waals surface area contributed by atoms with Gasteiger partial charge < -0.3 is 19.7 Å². The van der Waals surface area contributed by atoms with Crippen molar-refractivity contribution < 1.29 is 17.9 Å². The Labute approximate surface area is 173 Å². The molecule has 1 heterocycles. The van der Waals surface area contributed by atoms with Crippen molar-refractivity contribution in [1.29, 1.82) is 0 Å². The monoisotopic (exact) mass is 424 g/mol. The van der Waals surface area contributed by atoms with Gasteiger partial charge in [-0.1, -0.05) is 6.42 Å². The topological polar surface area (TPSA) is 92.3 Å². The van der Waals surface area contributed by atoms with E-state index in [9.17, 15) is 8.42 Å². The van der Waals surface area contributed by atoms with Crippen LogP contribution in [0.1, 0.15) is 30.4 Å². The van der Waals surface area contributed by atoms with Crippen LogP contribution in [0.4, 0.5) is 0 Å². The van der Waals surface area contributed by atoms with Gasteiger partial charge in [-0.05, 0) is 48.4 Å². The molecule has 0 radical (unpaired) electrons. The van der Waals surface area contributed by atoms with E-state index in [1.165, 1.54) is 12.0 Å². The highest BCUT2D eigenvalue weighted by Crippen LogP contribution is 2.33. The molecule has 1 aromatic carbocycles. The lowest BCUT2D eigenvalue weighted by Gasteiger charge is -2.32. The molecule has 0 atom stereocenters. The van der Waals surface area contributed by atoms with E-state index in [4.69, 9.17) is 9.47 Å². The summed E-state index contributed by atoms with van der Waals surface area (Å²) in [6.07, 6.45) is 4.32. The van der Waals surface area contributed by atoms with E-state index < -0.39 is 10.0 Å². The van der Waals surface area contributed by atoms with Gasteiger partial charge in [0.05, 0.1) is 20.0 Å². The van der Waals surface area contributed by atoms with Gasteiger partial charge in [-0.25, -0.2) is 13.1 Å². The van der Waals surface area contributed by atoms with Crippen molar-refractivity contribution in [3.63, 3.8) is 0 Å². The van der Waals surface area contributed by atoms with Gasteiger partial charge in [-0.3, -0.25) is 4.99 Å². The van der Waals surface area contributed by atoms with Crippen molar-refractivity contribution in [2.45, 2.75) is 32.2 Å². The maximum atomic E-state index is 12.2. The molecule has 0 amide bonds. The lowest BCUT2D eigenvalue weighted by atomic mass is 9.86. The SMILES string of the molecule is CN=C(NCCS(=O)(=O)NCC1CCC1)N1CCc2cc(OC)c(OC)cc2C1. The second kappa shape index (κ2) is 9.67. The molecule has 1 aliphatic heterocycles. The van der Waals surface area contributed by atoms with Crippen LogP contribution in [0.2, 0.25) is 0 Å². The molecule has 0 spiro atoms. The van der Waals surface area contributed by atoms with Crippen molar-refractivity contribution in [2.24, 2.45) is 10.9 Å². The van der Waals surface area contributed by atoms with Crippen LogP contribution in [0.15, 0.2) is 17.1 Å². The van der Waals surface area contributed by atoms with Gasteiger partial charge in [0.15, 0.2) is 17.5 Å². The number of benzene rings is 1. The van der Waals surface area contributed by atoms with E-state index in [0.717, 1.165) is 37.1 Å². The number of fused-ring (bicyclic) bond motifs is 1. The van der Waals surface area contributed by atoms with Crippen molar-refractivity contribution in [3.05, 3.63) is 23.3 Å². The molecule has 1 aliphatic carbocycles. The molecule has 162 valence electrons. The number of guanidine groups is 1.